The number of aliphatic imine (C=N–C) groups is 1. The van der Waals surface area contributed by atoms with Crippen molar-refractivity contribution in [1.29, 1.82) is 0 Å². The fraction of sp³-hybridized carbons (Fsp3) is 0.389. The average Bonchev–Trinajstić information content (AvgIpc) is 3.09. The van der Waals surface area contributed by atoms with Gasteiger partial charge in [-0.25, -0.2) is 0 Å². The lowest BCUT2D eigenvalue weighted by Crippen LogP contribution is -2.38. The summed E-state index contributed by atoms with van der Waals surface area (Å²) in [6, 6.07) is 9.38. The number of guanidine groups is 1. The first-order valence-electron chi connectivity index (χ1n) is 8.43. The number of carbonyl (C=O) groups is 1. The standard InChI is InChI=1S/C18H24BrN5O2.HI/c1-12(2)16-10-15(26-24-16)11-22-18(20-3)21-9-8-17(25)23-14-6-4-13(19)5-7-14;/h4-7,10,12H,8-9,11H2,1-3H3,(H,23,25)(H2,20,21,22);1H. The van der Waals surface area contributed by atoms with Crippen molar-refractivity contribution in [2.24, 2.45) is 4.99 Å². The van der Waals surface area contributed by atoms with E-state index in [0.29, 0.717) is 31.4 Å². The summed E-state index contributed by atoms with van der Waals surface area (Å²) in [7, 11) is 1.68. The van der Waals surface area contributed by atoms with Crippen LogP contribution in [0, 0.1) is 0 Å². The minimum absolute atomic E-state index is 0. The summed E-state index contributed by atoms with van der Waals surface area (Å²) in [6.45, 7) is 5.07. The molecule has 2 rings (SSSR count). The summed E-state index contributed by atoms with van der Waals surface area (Å²) in [5.74, 6) is 1.61. The Hall–Kier alpha value is -1.62. The van der Waals surface area contributed by atoms with E-state index >= 15 is 0 Å². The van der Waals surface area contributed by atoms with Gasteiger partial charge in [0.15, 0.2) is 11.7 Å². The first kappa shape index (κ1) is 23.4. The Morgan fingerprint density at radius 1 is 1.26 bits per heavy atom. The quantitative estimate of drug-likeness (QED) is 0.277. The van der Waals surface area contributed by atoms with Crippen molar-refractivity contribution in [2.75, 3.05) is 18.9 Å². The van der Waals surface area contributed by atoms with Gasteiger partial charge in [-0.15, -0.1) is 24.0 Å². The lowest BCUT2D eigenvalue weighted by molar-refractivity contribution is -0.116. The summed E-state index contributed by atoms with van der Waals surface area (Å²) >= 11 is 3.36. The predicted octanol–water partition coefficient (Wildman–Crippen LogP) is 3.87. The molecule has 0 unspecified atom stereocenters. The Bertz CT molecular complexity index is 746. The van der Waals surface area contributed by atoms with Crippen molar-refractivity contribution in [3.05, 3.63) is 46.3 Å². The van der Waals surface area contributed by atoms with Gasteiger partial charge in [0, 0.05) is 36.2 Å². The molecule has 0 aliphatic heterocycles. The highest BCUT2D eigenvalue weighted by molar-refractivity contribution is 14.0. The van der Waals surface area contributed by atoms with Gasteiger partial charge in [0.05, 0.1) is 12.2 Å². The minimum Gasteiger partial charge on any atom is -0.359 e. The highest BCUT2D eigenvalue weighted by atomic mass is 127. The summed E-state index contributed by atoms with van der Waals surface area (Å²) < 4.78 is 6.25. The molecule has 0 spiro atoms. The first-order chi connectivity index (χ1) is 12.5. The maximum atomic E-state index is 12.0. The van der Waals surface area contributed by atoms with Gasteiger partial charge >= 0.3 is 0 Å². The van der Waals surface area contributed by atoms with Crippen LogP contribution in [0.25, 0.3) is 0 Å². The lowest BCUT2D eigenvalue weighted by atomic mass is 10.1. The molecule has 27 heavy (non-hydrogen) atoms. The smallest absolute Gasteiger partial charge is 0.226 e. The number of benzene rings is 1. The molecule has 1 heterocycles. The van der Waals surface area contributed by atoms with Crippen LogP contribution < -0.4 is 16.0 Å². The third kappa shape index (κ3) is 8.29. The number of rotatable bonds is 7. The van der Waals surface area contributed by atoms with Crippen LogP contribution in [0.2, 0.25) is 0 Å². The van der Waals surface area contributed by atoms with E-state index in [1.165, 1.54) is 0 Å². The number of aromatic nitrogens is 1. The molecule has 148 valence electrons. The Kier molecular flexibility index (Phi) is 10.4. The third-order valence-electron chi connectivity index (χ3n) is 3.59. The van der Waals surface area contributed by atoms with Gasteiger partial charge in [0.2, 0.25) is 5.91 Å². The zero-order valence-corrected chi connectivity index (χ0v) is 19.5. The molecule has 0 saturated heterocycles. The predicted molar refractivity (Wildman–Crippen MR) is 122 cm³/mol. The Labute approximate surface area is 184 Å². The van der Waals surface area contributed by atoms with Crippen LogP contribution in [-0.2, 0) is 11.3 Å². The second-order valence-electron chi connectivity index (χ2n) is 6.03. The first-order valence-corrected chi connectivity index (χ1v) is 9.22. The van der Waals surface area contributed by atoms with Gasteiger partial charge in [-0.2, -0.15) is 0 Å². The van der Waals surface area contributed by atoms with Gasteiger partial charge in [-0.3, -0.25) is 9.79 Å². The van der Waals surface area contributed by atoms with Gasteiger partial charge < -0.3 is 20.5 Å². The number of hydrogen-bond acceptors (Lipinski definition) is 4. The topological polar surface area (TPSA) is 91.5 Å². The molecule has 3 N–H and O–H groups in total. The molecule has 9 heteroatoms. The molecule has 0 aliphatic rings. The molecule has 0 atom stereocenters. The summed E-state index contributed by atoms with van der Waals surface area (Å²) in [5, 5.41) is 13.1. The maximum Gasteiger partial charge on any atom is 0.226 e. The van der Waals surface area contributed by atoms with E-state index in [1.807, 2.05) is 30.3 Å². The van der Waals surface area contributed by atoms with E-state index in [-0.39, 0.29) is 29.9 Å². The SMILES string of the molecule is CN=C(NCCC(=O)Nc1ccc(Br)cc1)NCc1cc(C(C)C)no1.I. The normalized spacial score (nSPS) is 11.1. The number of carbonyl (C=O) groups excluding carboxylic acids is 1. The molecule has 0 aliphatic carbocycles. The van der Waals surface area contributed by atoms with Crippen LogP contribution in [0.3, 0.4) is 0 Å². The van der Waals surface area contributed by atoms with Crippen molar-refractivity contribution in [3.8, 4) is 0 Å². The van der Waals surface area contributed by atoms with Crippen LogP contribution in [-0.4, -0.2) is 30.6 Å². The fourth-order valence-corrected chi connectivity index (χ4v) is 2.39. The highest BCUT2D eigenvalue weighted by Gasteiger charge is 2.08. The largest absolute Gasteiger partial charge is 0.359 e. The van der Waals surface area contributed by atoms with Crippen molar-refractivity contribution in [3.63, 3.8) is 0 Å². The van der Waals surface area contributed by atoms with E-state index in [4.69, 9.17) is 4.52 Å². The number of nitrogens with zero attached hydrogens (tertiary/aromatic N) is 2. The van der Waals surface area contributed by atoms with E-state index in [2.05, 4.69) is 55.9 Å². The van der Waals surface area contributed by atoms with Crippen molar-refractivity contribution in [1.82, 2.24) is 15.8 Å². The lowest BCUT2D eigenvalue weighted by Gasteiger charge is -2.11. The molecular formula is C18H25BrIN5O2. The molecule has 1 amide bonds. The molecule has 1 aromatic carbocycles. The van der Waals surface area contributed by atoms with E-state index in [1.54, 1.807) is 7.05 Å². The number of anilines is 1. The number of hydrogen-bond donors (Lipinski definition) is 3. The molecular weight excluding hydrogens is 525 g/mol. The van der Waals surface area contributed by atoms with Crippen molar-refractivity contribution < 1.29 is 9.32 Å². The molecule has 0 bridgehead atoms. The third-order valence-corrected chi connectivity index (χ3v) is 4.12. The number of nitrogens with one attached hydrogen (secondary N) is 3. The second-order valence-corrected chi connectivity index (χ2v) is 6.95. The van der Waals surface area contributed by atoms with Gasteiger partial charge in [0.1, 0.15) is 0 Å². The van der Waals surface area contributed by atoms with Crippen molar-refractivity contribution >= 4 is 57.5 Å². The molecule has 0 fully saturated rings. The van der Waals surface area contributed by atoms with Gasteiger partial charge in [-0.05, 0) is 30.2 Å². The summed E-state index contributed by atoms with van der Waals surface area (Å²) in [6.07, 6.45) is 0.330. The maximum absolute atomic E-state index is 12.0. The van der Waals surface area contributed by atoms with Gasteiger partial charge in [-0.1, -0.05) is 34.9 Å². The van der Waals surface area contributed by atoms with Gasteiger partial charge in [0.25, 0.3) is 0 Å². The summed E-state index contributed by atoms with van der Waals surface area (Å²) in [5.41, 5.74) is 1.70. The van der Waals surface area contributed by atoms with E-state index in [0.717, 1.165) is 21.6 Å². The highest BCUT2D eigenvalue weighted by Crippen LogP contribution is 2.14. The molecule has 0 saturated carbocycles. The van der Waals surface area contributed by atoms with E-state index in [9.17, 15) is 4.79 Å². The number of halogens is 2. The van der Waals surface area contributed by atoms with Crippen LogP contribution in [0.5, 0.6) is 0 Å². The number of amides is 1. The van der Waals surface area contributed by atoms with Crippen LogP contribution in [0.4, 0.5) is 5.69 Å². The van der Waals surface area contributed by atoms with Crippen LogP contribution >= 0.6 is 39.9 Å². The fourth-order valence-electron chi connectivity index (χ4n) is 2.13. The van der Waals surface area contributed by atoms with Crippen molar-refractivity contribution in [2.45, 2.75) is 32.7 Å². The zero-order chi connectivity index (χ0) is 18.9. The van der Waals surface area contributed by atoms with Crippen LogP contribution in [0.15, 0.2) is 44.3 Å². The summed E-state index contributed by atoms with van der Waals surface area (Å²) in [4.78, 5) is 16.1. The molecule has 7 nitrogen and oxygen atoms in total. The Morgan fingerprint density at radius 3 is 2.56 bits per heavy atom. The Balaban J connectivity index is 0.00000364. The average molecular weight is 550 g/mol. The van der Waals surface area contributed by atoms with E-state index < -0.39 is 0 Å². The second kappa shape index (κ2) is 12.0. The van der Waals surface area contributed by atoms with Crippen LogP contribution in [0.1, 0.15) is 37.6 Å². The molecule has 2 aromatic rings. The Morgan fingerprint density at radius 2 is 1.96 bits per heavy atom. The molecule has 1 aromatic heterocycles. The minimum atomic E-state index is -0.0629. The molecule has 0 radical (unpaired) electrons. The zero-order valence-electron chi connectivity index (χ0n) is 15.6. The monoisotopic (exact) mass is 549 g/mol.